The first kappa shape index (κ1) is 19.5. The normalized spacial score (nSPS) is 37.5. The van der Waals surface area contributed by atoms with Crippen molar-refractivity contribution in [3.05, 3.63) is 11.6 Å². The molecule has 0 aromatic heterocycles. The first-order chi connectivity index (χ1) is 11.3. The van der Waals surface area contributed by atoms with Gasteiger partial charge in [0.05, 0.1) is 13.2 Å². The predicted octanol–water partition coefficient (Wildman–Crippen LogP) is 3.62. The third-order valence-corrected chi connectivity index (χ3v) is 7.25. The van der Waals surface area contributed by atoms with Crippen molar-refractivity contribution < 1.29 is 20.1 Å². The number of carboxylic acid groups (broad SMARTS) is 1. The van der Waals surface area contributed by atoms with Gasteiger partial charge in [0.2, 0.25) is 0 Å². The molecule has 2 aliphatic carbocycles. The standard InChI is InChI=1S/C20H34O4/c1-14(11-18(23)24)7-9-19(3)15(2)8-10-20(13-22)16(12-21)5-4-6-17(19)20/h5,14-15,17,21-22H,4,6-13H2,1-3H3,(H,23,24)/t14-,15-,17+,19-,20-/m1/s1. The first-order valence-corrected chi connectivity index (χ1v) is 9.43. The van der Waals surface area contributed by atoms with E-state index in [1.165, 1.54) is 0 Å². The molecule has 0 amide bonds. The van der Waals surface area contributed by atoms with Crippen LogP contribution in [0.2, 0.25) is 0 Å². The Kier molecular flexibility index (Phi) is 6.14. The number of rotatable bonds is 7. The number of fused-ring (bicyclic) bond motifs is 1. The van der Waals surface area contributed by atoms with E-state index in [0.717, 1.165) is 44.1 Å². The smallest absolute Gasteiger partial charge is 0.303 e. The molecular weight excluding hydrogens is 304 g/mol. The van der Waals surface area contributed by atoms with Crippen molar-refractivity contribution in [1.82, 2.24) is 0 Å². The van der Waals surface area contributed by atoms with Crippen LogP contribution in [0.15, 0.2) is 11.6 Å². The summed E-state index contributed by atoms with van der Waals surface area (Å²) in [5, 5.41) is 29.1. The lowest BCUT2D eigenvalue weighted by Crippen LogP contribution is -2.53. The minimum absolute atomic E-state index is 0.0386. The molecule has 1 fully saturated rings. The van der Waals surface area contributed by atoms with Crippen molar-refractivity contribution in [2.75, 3.05) is 13.2 Å². The van der Waals surface area contributed by atoms with Gasteiger partial charge in [-0.05, 0) is 67.3 Å². The summed E-state index contributed by atoms with van der Waals surface area (Å²) in [4.78, 5) is 10.9. The van der Waals surface area contributed by atoms with Gasteiger partial charge in [0.15, 0.2) is 0 Å². The molecule has 2 aliphatic rings. The summed E-state index contributed by atoms with van der Waals surface area (Å²) in [6, 6.07) is 0. The minimum Gasteiger partial charge on any atom is -0.481 e. The van der Waals surface area contributed by atoms with Crippen LogP contribution in [-0.2, 0) is 4.79 Å². The Morgan fingerprint density at radius 3 is 2.67 bits per heavy atom. The molecule has 0 aromatic rings. The van der Waals surface area contributed by atoms with E-state index in [9.17, 15) is 15.0 Å². The molecule has 4 nitrogen and oxygen atoms in total. The average Bonchev–Trinajstić information content (AvgIpc) is 2.55. The Hall–Kier alpha value is -0.870. The zero-order chi connectivity index (χ0) is 18.0. The number of carbonyl (C=O) groups is 1. The molecule has 0 saturated heterocycles. The molecule has 24 heavy (non-hydrogen) atoms. The molecule has 1 saturated carbocycles. The van der Waals surface area contributed by atoms with Gasteiger partial charge in [-0.25, -0.2) is 0 Å². The van der Waals surface area contributed by atoms with Crippen molar-refractivity contribution in [3.63, 3.8) is 0 Å². The molecule has 2 rings (SSSR count). The maximum Gasteiger partial charge on any atom is 0.303 e. The average molecular weight is 338 g/mol. The molecule has 0 unspecified atom stereocenters. The van der Waals surface area contributed by atoms with Gasteiger partial charge < -0.3 is 15.3 Å². The van der Waals surface area contributed by atoms with Gasteiger partial charge in [0, 0.05) is 11.8 Å². The third kappa shape index (κ3) is 3.41. The molecule has 138 valence electrons. The van der Waals surface area contributed by atoms with Gasteiger partial charge in [-0.15, -0.1) is 0 Å². The van der Waals surface area contributed by atoms with Crippen LogP contribution in [0.4, 0.5) is 0 Å². The lowest BCUT2D eigenvalue weighted by molar-refractivity contribution is -0.138. The second-order valence-electron chi connectivity index (χ2n) is 8.52. The Morgan fingerprint density at radius 2 is 2.08 bits per heavy atom. The zero-order valence-corrected chi connectivity index (χ0v) is 15.4. The van der Waals surface area contributed by atoms with Crippen molar-refractivity contribution >= 4 is 5.97 Å². The molecule has 0 spiro atoms. The predicted molar refractivity (Wildman–Crippen MR) is 94.6 cm³/mol. The van der Waals surface area contributed by atoms with Crippen LogP contribution < -0.4 is 0 Å². The van der Waals surface area contributed by atoms with Crippen LogP contribution in [0.1, 0.15) is 65.7 Å². The highest BCUT2D eigenvalue weighted by molar-refractivity contribution is 5.66. The molecular formula is C20H34O4. The highest BCUT2D eigenvalue weighted by Gasteiger charge is 2.55. The summed E-state index contributed by atoms with van der Waals surface area (Å²) in [7, 11) is 0. The van der Waals surface area contributed by atoms with E-state index in [1.807, 2.05) is 6.92 Å². The lowest BCUT2D eigenvalue weighted by Gasteiger charge is -2.59. The van der Waals surface area contributed by atoms with E-state index in [-0.39, 0.29) is 36.4 Å². The van der Waals surface area contributed by atoms with E-state index >= 15 is 0 Å². The lowest BCUT2D eigenvalue weighted by atomic mass is 9.46. The van der Waals surface area contributed by atoms with Gasteiger partial charge >= 0.3 is 5.97 Å². The molecule has 0 radical (unpaired) electrons. The van der Waals surface area contributed by atoms with Gasteiger partial charge in [-0.1, -0.05) is 26.8 Å². The van der Waals surface area contributed by atoms with Crippen molar-refractivity contribution in [2.24, 2.45) is 28.6 Å². The fourth-order valence-electron chi connectivity index (χ4n) is 5.46. The largest absolute Gasteiger partial charge is 0.481 e. The number of allylic oxidation sites excluding steroid dienone is 1. The van der Waals surface area contributed by atoms with E-state index < -0.39 is 5.97 Å². The molecule has 0 heterocycles. The quantitative estimate of drug-likeness (QED) is 0.620. The van der Waals surface area contributed by atoms with Crippen LogP contribution in [0.3, 0.4) is 0 Å². The van der Waals surface area contributed by atoms with Gasteiger partial charge in [-0.3, -0.25) is 4.79 Å². The fraction of sp³-hybridized carbons (Fsp3) is 0.850. The highest BCUT2D eigenvalue weighted by atomic mass is 16.4. The molecule has 5 atom stereocenters. The van der Waals surface area contributed by atoms with Crippen LogP contribution >= 0.6 is 0 Å². The van der Waals surface area contributed by atoms with Crippen LogP contribution in [0.25, 0.3) is 0 Å². The summed E-state index contributed by atoms with van der Waals surface area (Å²) in [5.41, 5.74) is 0.838. The zero-order valence-electron chi connectivity index (χ0n) is 15.4. The minimum atomic E-state index is -0.725. The number of carboxylic acids is 1. The Bertz CT molecular complexity index is 486. The van der Waals surface area contributed by atoms with Crippen molar-refractivity contribution in [3.8, 4) is 0 Å². The molecule has 0 aromatic carbocycles. The van der Waals surface area contributed by atoms with Crippen LogP contribution in [-0.4, -0.2) is 34.5 Å². The second kappa shape index (κ2) is 7.57. The van der Waals surface area contributed by atoms with E-state index in [0.29, 0.717) is 11.8 Å². The van der Waals surface area contributed by atoms with Gasteiger partial charge in [-0.2, -0.15) is 0 Å². The van der Waals surface area contributed by atoms with E-state index in [4.69, 9.17) is 5.11 Å². The SMILES string of the molecule is C[C@H](CC[C@]1(C)[C@H](C)CC[C@@]2(CO)C(CO)=CCC[C@H]21)CC(=O)O. The first-order valence-electron chi connectivity index (χ1n) is 9.43. The maximum atomic E-state index is 10.9. The Balaban J connectivity index is 2.23. The maximum absolute atomic E-state index is 10.9. The van der Waals surface area contributed by atoms with Gasteiger partial charge in [0.1, 0.15) is 0 Å². The number of hydrogen-bond donors (Lipinski definition) is 3. The number of aliphatic hydroxyl groups is 2. The monoisotopic (exact) mass is 338 g/mol. The molecule has 4 heteroatoms. The summed E-state index contributed by atoms with van der Waals surface area (Å²) >= 11 is 0. The summed E-state index contributed by atoms with van der Waals surface area (Å²) in [6.07, 6.45) is 8.28. The van der Waals surface area contributed by atoms with Crippen LogP contribution in [0.5, 0.6) is 0 Å². The third-order valence-electron chi connectivity index (χ3n) is 7.25. The number of aliphatic hydroxyl groups excluding tert-OH is 2. The summed E-state index contributed by atoms with van der Waals surface area (Å²) in [6.45, 7) is 6.80. The van der Waals surface area contributed by atoms with E-state index in [1.54, 1.807) is 0 Å². The topological polar surface area (TPSA) is 77.8 Å². The molecule has 3 N–H and O–H groups in total. The molecule has 0 bridgehead atoms. The molecule has 0 aliphatic heterocycles. The van der Waals surface area contributed by atoms with E-state index in [2.05, 4.69) is 19.9 Å². The summed E-state index contributed by atoms with van der Waals surface area (Å²) in [5.74, 6) is 0.366. The van der Waals surface area contributed by atoms with Gasteiger partial charge in [0.25, 0.3) is 0 Å². The van der Waals surface area contributed by atoms with Crippen molar-refractivity contribution in [1.29, 1.82) is 0 Å². The second-order valence-corrected chi connectivity index (χ2v) is 8.52. The Morgan fingerprint density at radius 1 is 1.38 bits per heavy atom. The summed E-state index contributed by atoms with van der Waals surface area (Å²) < 4.78 is 0. The van der Waals surface area contributed by atoms with Crippen molar-refractivity contribution in [2.45, 2.75) is 65.7 Å². The Labute approximate surface area is 146 Å². The highest BCUT2D eigenvalue weighted by Crippen LogP contribution is 2.61. The number of hydrogen-bond acceptors (Lipinski definition) is 3. The number of aliphatic carboxylic acids is 1. The fourth-order valence-corrected chi connectivity index (χ4v) is 5.46. The van der Waals surface area contributed by atoms with Crippen LogP contribution in [0, 0.1) is 28.6 Å².